The molecule has 0 spiro atoms. The molecule has 1 aliphatic heterocycles. The molecule has 3 rings (SSSR count). The van der Waals surface area contributed by atoms with Gasteiger partial charge in [-0.05, 0) is 57.4 Å². The molecule has 1 atom stereocenters. The standard InChI is InChI=1S/C21H32N4O4/c1-24-17(12-13-22-24)10-11-19(26)23-16-8-6-15(7-9-16)20(27)25-14-4-3-5-18(25)21(28)29-2/h12-13,15-16,18H,3-11,14H2,1-2H3,(H,23,26). The zero-order valence-electron chi connectivity index (χ0n) is 17.4. The second-order valence-electron chi connectivity index (χ2n) is 8.13. The number of nitrogens with one attached hydrogen (secondary N) is 1. The van der Waals surface area contributed by atoms with Crippen molar-refractivity contribution in [2.24, 2.45) is 13.0 Å². The van der Waals surface area contributed by atoms with E-state index in [4.69, 9.17) is 4.74 Å². The quantitative estimate of drug-likeness (QED) is 0.727. The molecule has 0 bridgehead atoms. The Morgan fingerprint density at radius 1 is 1.17 bits per heavy atom. The zero-order chi connectivity index (χ0) is 20.8. The van der Waals surface area contributed by atoms with Crippen LogP contribution in [0.5, 0.6) is 0 Å². The molecule has 1 aromatic heterocycles. The van der Waals surface area contributed by atoms with Crippen molar-refractivity contribution in [1.29, 1.82) is 0 Å². The fraction of sp³-hybridized carbons (Fsp3) is 0.714. The van der Waals surface area contributed by atoms with Crippen LogP contribution in [-0.2, 0) is 32.6 Å². The molecule has 29 heavy (non-hydrogen) atoms. The Labute approximate surface area is 172 Å². The highest BCUT2D eigenvalue weighted by Gasteiger charge is 2.37. The number of hydrogen-bond acceptors (Lipinski definition) is 5. The Bertz CT molecular complexity index is 724. The van der Waals surface area contributed by atoms with Gasteiger partial charge in [0.05, 0.1) is 7.11 Å². The summed E-state index contributed by atoms with van der Waals surface area (Å²) in [7, 11) is 3.25. The average Bonchev–Trinajstić information content (AvgIpc) is 3.16. The van der Waals surface area contributed by atoms with E-state index in [1.807, 2.05) is 13.1 Å². The number of ether oxygens (including phenoxy) is 1. The molecule has 0 radical (unpaired) electrons. The van der Waals surface area contributed by atoms with Gasteiger partial charge in [0.25, 0.3) is 0 Å². The van der Waals surface area contributed by atoms with Crippen molar-refractivity contribution in [3.8, 4) is 0 Å². The van der Waals surface area contributed by atoms with E-state index in [1.165, 1.54) is 7.11 Å². The second kappa shape index (κ2) is 9.89. The predicted octanol–water partition coefficient (Wildman–Crippen LogP) is 1.58. The molecule has 2 fully saturated rings. The minimum Gasteiger partial charge on any atom is -0.467 e. The van der Waals surface area contributed by atoms with Gasteiger partial charge in [0, 0.05) is 43.9 Å². The lowest BCUT2D eigenvalue weighted by molar-refractivity contribution is -0.156. The Morgan fingerprint density at radius 3 is 2.59 bits per heavy atom. The van der Waals surface area contributed by atoms with Crippen LogP contribution < -0.4 is 5.32 Å². The maximum Gasteiger partial charge on any atom is 0.328 e. The molecule has 2 amide bonds. The van der Waals surface area contributed by atoms with Crippen molar-refractivity contribution in [2.45, 2.75) is 69.9 Å². The average molecular weight is 405 g/mol. The second-order valence-corrected chi connectivity index (χ2v) is 8.13. The monoisotopic (exact) mass is 404 g/mol. The van der Waals surface area contributed by atoms with Crippen molar-refractivity contribution >= 4 is 17.8 Å². The van der Waals surface area contributed by atoms with Crippen LogP contribution in [0.25, 0.3) is 0 Å². The van der Waals surface area contributed by atoms with Gasteiger partial charge in [-0.1, -0.05) is 0 Å². The number of carbonyl (C=O) groups is 3. The van der Waals surface area contributed by atoms with E-state index < -0.39 is 6.04 Å². The molecule has 8 heteroatoms. The highest BCUT2D eigenvalue weighted by Crippen LogP contribution is 2.29. The van der Waals surface area contributed by atoms with Crippen molar-refractivity contribution in [3.63, 3.8) is 0 Å². The third kappa shape index (κ3) is 5.36. The van der Waals surface area contributed by atoms with Gasteiger partial charge < -0.3 is 15.0 Å². The Hall–Kier alpha value is -2.38. The van der Waals surface area contributed by atoms with Crippen LogP contribution in [-0.4, -0.2) is 58.2 Å². The number of aryl methyl sites for hydroxylation is 2. The third-order valence-corrected chi connectivity index (χ3v) is 6.23. The summed E-state index contributed by atoms with van der Waals surface area (Å²) in [4.78, 5) is 39.0. The number of hydrogen-bond donors (Lipinski definition) is 1. The molecule has 160 valence electrons. The predicted molar refractivity (Wildman–Crippen MR) is 107 cm³/mol. The van der Waals surface area contributed by atoms with Gasteiger partial charge in [0.15, 0.2) is 0 Å². The van der Waals surface area contributed by atoms with Gasteiger partial charge in [0.1, 0.15) is 6.04 Å². The summed E-state index contributed by atoms with van der Waals surface area (Å²) in [6, 6.07) is 1.60. The first kappa shape index (κ1) is 21.3. The molecule has 1 saturated carbocycles. The maximum atomic E-state index is 13.0. The molecule has 2 aliphatic rings. The van der Waals surface area contributed by atoms with Crippen LogP contribution in [0, 0.1) is 5.92 Å². The minimum atomic E-state index is -0.439. The van der Waals surface area contributed by atoms with Crippen molar-refractivity contribution in [3.05, 3.63) is 18.0 Å². The normalized spacial score (nSPS) is 24.8. The molecule has 2 heterocycles. The Kier molecular flexibility index (Phi) is 7.28. The SMILES string of the molecule is COC(=O)C1CCCCN1C(=O)C1CCC(NC(=O)CCc2ccnn2C)CC1. The van der Waals surface area contributed by atoms with Crippen molar-refractivity contribution < 1.29 is 19.1 Å². The van der Waals surface area contributed by atoms with E-state index in [-0.39, 0.29) is 29.7 Å². The molecule has 1 unspecified atom stereocenters. The molecule has 1 saturated heterocycles. The van der Waals surface area contributed by atoms with E-state index in [1.54, 1.807) is 15.8 Å². The summed E-state index contributed by atoms with van der Waals surface area (Å²) < 4.78 is 6.67. The number of carbonyl (C=O) groups excluding carboxylic acids is 3. The summed E-state index contributed by atoms with van der Waals surface area (Å²) in [5.74, 6) is -0.265. The highest BCUT2D eigenvalue weighted by molar-refractivity contribution is 5.86. The van der Waals surface area contributed by atoms with E-state index in [2.05, 4.69) is 10.4 Å². The van der Waals surface area contributed by atoms with Crippen LogP contribution in [0.15, 0.2) is 12.3 Å². The lowest BCUT2D eigenvalue weighted by Gasteiger charge is -2.38. The smallest absolute Gasteiger partial charge is 0.328 e. The molecular weight excluding hydrogens is 372 g/mol. The fourth-order valence-electron chi connectivity index (χ4n) is 4.48. The summed E-state index contributed by atoms with van der Waals surface area (Å²) in [6.07, 6.45) is 8.48. The molecular formula is C21H32N4O4. The minimum absolute atomic E-state index is 0.0442. The molecule has 0 aromatic carbocycles. The van der Waals surface area contributed by atoms with Crippen LogP contribution in [0.3, 0.4) is 0 Å². The van der Waals surface area contributed by atoms with E-state index >= 15 is 0 Å². The fourth-order valence-corrected chi connectivity index (χ4v) is 4.48. The van der Waals surface area contributed by atoms with Gasteiger partial charge in [-0.3, -0.25) is 14.3 Å². The number of methoxy groups -OCH3 is 1. The van der Waals surface area contributed by atoms with Crippen molar-refractivity contribution in [1.82, 2.24) is 20.0 Å². The summed E-state index contributed by atoms with van der Waals surface area (Å²) in [6.45, 7) is 0.628. The van der Waals surface area contributed by atoms with E-state index in [0.29, 0.717) is 25.8 Å². The van der Waals surface area contributed by atoms with Gasteiger partial charge >= 0.3 is 5.97 Å². The number of likely N-dealkylation sites (tertiary alicyclic amines) is 1. The van der Waals surface area contributed by atoms with Gasteiger partial charge in [-0.25, -0.2) is 4.79 Å². The van der Waals surface area contributed by atoms with Gasteiger partial charge in [-0.2, -0.15) is 5.10 Å². The zero-order valence-corrected chi connectivity index (χ0v) is 17.4. The number of nitrogens with zero attached hydrogens (tertiary/aromatic N) is 3. The lowest BCUT2D eigenvalue weighted by Crippen LogP contribution is -2.51. The van der Waals surface area contributed by atoms with Crippen molar-refractivity contribution in [2.75, 3.05) is 13.7 Å². The molecule has 1 aliphatic carbocycles. The third-order valence-electron chi connectivity index (χ3n) is 6.23. The van der Waals surface area contributed by atoms with Crippen LogP contribution in [0.4, 0.5) is 0 Å². The van der Waals surface area contributed by atoms with Gasteiger partial charge in [-0.15, -0.1) is 0 Å². The Balaban J connectivity index is 1.44. The molecule has 1 aromatic rings. The number of esters is 1. The largest absolute Gasteiger partial charge is 0.467 e. The first-order valence-electron chi connectivity index (χ1n) is 10.6. The summed E-state index contributed by atoms with van der Waals surface area (Å²) >= 11 is 0. The molecule has 8 nitrogen and oxygen atoms in total. The van der Waals surface area contributed by atoms with Crippen LogP contribution in [0.1, 0.15) is 57.1 Å². The number of rotatable bonds is 6. The topological polar surface area (TPSA) is 93.5 Å². The molecule has 1 N–H and O–H groups in total. The number of piperidine rings is 1. The lowest BCUT2D eigenvalue weighted by atomic mass is 9.84. The van der Waals surface area contributed by atoms with E-state index in [9.17, 15) is 14.4 Å². The summed E-state index contributed by atoms with van der Waals surface area (Å²) in [5, 5.41) is 7.22. The van der Waals surface area contributed by atoms with Crippen LogP contribution >= 0.6 is 0 Å². The summed E-state index contributed by atoms with van der Waals surface area (Å²) in [5.41, 5.74) is 1.04. The number of aromatic nitrogens is 2. The maximum absolute atomic E-state index is 13.0. The Morgan fingerprint density at radius 2 is 1.93 bits per heavy atom. The van der Waals surface area contributed by atoms with E-state index in [0.717, 1.165) is 44.2 Å². The van der Waals surface area contributed by atoms with Crippen LogP contribution in [0.2, 0.25) is 0 Å². The van der Waals surface area contributed by atoms with Gasteiger partial charge in [0.2, 0.25) is 11.8 Å². The highest BCUT2D eigenvalue weighted by atomic mass is 16.5. The first-order chi connectivity index (χ1) is 14.0. The first-order valence-corrected chi connectivity index (χ1v) is 10.6. The number of amides is 2.